The molecule has 0 atom stereocenters. The Morgan fingerprint density at radius 1 is 1.47 bits per heavy atom. The van der Waals surface area contributed by atoms with E-state index in [0.29, 0.717) is 0 Å². The Morgan fingerprint density at radius 2 is 2.20 bits per heavy atom. The van der Waals surface area contributed by atoms with Crippen molar-refractivity contribution in [1.29, 1.82) is 0 Å². The number of hydrogen-bond acceptors (Lipinski definition) is 1. The number of pyridine rings is 1. The quantitative estimate of drug-likeness (QED) is 0.696. The third-order valence-electron chi connectivity index (χ3n) is 2.68. The maximum absolute atomic E-state index is 11.2. The highest BCUT2D eigenvalue weighted by Crippen LogP contribution is 2.19. The van der Waals surface area contributed by atoms with E-state index in [1.807, 2.05) is 35.9 Å². The van der Waals surface area contributed by atoms with Gasteiger partial charge in [0.05, 0.1) is 5.69 Å². The van der Waals surface area contributed by atoms with Crippen molar-refractivity contribution in [3.63, 3.8) is 0 Å². The lowest BCUT2D eigenvalue weighted by Gasteiger charge is -2.16. The Kier molecular flexibility index (Phi) is 2.23. The standard InChI is InChI=1S/C12H14N2O/c1-9-7-11(13(3)10(2)15)8-14-6-4-5-12(9)14/h4-8H,1-3H3. The molecule has 3 nitrogen and oxygen atoms in total. The van der Waals surface area contributed by atoms with Gasteiger partial charge in [-0.2, -0.15) is 0 Å². The number of rotatable bonds is 1. The molecule has 0 bridgehead atoms. The first-order chi connectivity index (χ1) is 7.09. The summed E-state index contributed by atoms with van der Waals surface area (Å²) in [5.74, 6) is 0.0425. The van der Waals surface area contributed by atoms with E-state index in [1.165, 1.54) is 11.1 Å². The van der Waals surface area contributed by atoms with Gasteiger partial charge >= 0.3 is 0 Å². The third kappa shape index (κ3) is 1.61. The van der Waals surface area contributed by atoms with E-state index in [-0.39, 0.29) is 5.91 Å². The van der Waals surface area contributed by atoms with E-state index in [9.17, 15) is 4.79 Å². The lowest BCUT2D eigenvalue weighted by Crippen LogP contribution is -2.23. The first kappa shape index (κ1) is 9.77. The fourth-order valence-corrected chi connectivity index (χ4v) is 1.68. The van der Waals surface area contributed by atoms with Gasteiger partial charge < -0.3 is 9.30 Å². The van der Waals surface area contributed by atoms with Gasteiger partial charge in [0.1, 0.15) is 0 Å². The minimum Gasteiger partial charge on any atom is -0.322 e. The van der Waals surface area contributed by atoms with E-state index in [4.69, 9.17) is 0 Å². The smallest absolute Gasteiger partial charge is 0.223 e. The molecular weight excluding hydrogens is 188 g/mol. The second kappa shape index (κ2) is 3.42. The molecule has 0 aromatic carbocycles. The Hall–Kier alpha value is -1.77. The van der Waals surface area contributed by atoms with Crippen LogP contribution in [0, 0.1) is 6.92 Å². The van der Waals surface area contributed by atoms with Crippen molar-refractivity contribution in [2.24, 2.45) is 0 Å². The molecule has 0 saturated carbocycles. The van der Waals surface area contributed by atoms with Crippen molar-refractivity contribution >= 4 is 17.1 Å². The molecule has 1 amide bonds. The van der Waals surface area contributed by atoms with Crippen LogP contribution in [0.2, 0.25) is 0 Å². The maximum Gasteiger partial charge on any atom is 0.223 e. The summed E-state index contributed by atoms with van der Waals surface area (Å²) in [5, 5.41) is 0. The number of fused-ring (bicyclic) bond motifs is 1. The van der Waals surface area contributed by atoms with Gasteiger partial charge in [-0.15, -0.1) is 0 Å². The Labute approximate surface area is 88.9 Å². The normalized spacial score (nSPS) is 10.6. The van der Waals surface area contributed by atoms with Crippen molar-refractivity contribution in [3.05, 3.63) is 36.2 Å². The van der Waals surface area contributed by atoms with Crippen molar-refractivity contribution in [2.75, 3.05) is 11.9 Å². The number of amides is 1. The molecule has 0 radical (unpaired) electrons. The maximum atomic E-state index is 11.2. The Morgan fingerprint density at radius 3 is 2.87 bits per heavy atom. The number of hydrogen-bond donors (Lipinski definition) is 0. The summed E-state index contributed by atoms with van der Waals surface area (Å²) in [6, 6.07) is 6.09. The van der Waals surface area contributed by atoms with Gasteiger partial charge in [0.25, 0.3) is 0 Å². The highest BCUT2D eigenvalue weighted by molar-refractivity contribution is 5.91. The molecule has 2 rings (SSSR count). The first-order valence-electron chi connectivity index (χ1n) is 4.91. The summed E-state index contributed by atoms with van der Waals surface area (Å²) >= 11 is 0. The van der Waals surface area contributed by atoms with Gasteiger partial charge in [-0.3, -0.25) is 4.79 Å². The minimum absolute atomic E-state index is 0.0425. The van der Waals surface area contributed by atoms with Crippen LogP contribution in [0.1, 0.15) is 12.5 Å². The van der Waals surface area contributed by atoms with Gasteiger partial charge in [-0.1, -0.05) is 0 Å². The number of carbonyl (C=O) groups is 1. The summed E-state index contributed by atoms with van der Waals surface area (Å²) in [4.78, 5) is 12.9. The van der Waals surface area contributed by atoms with Crippen LogP contribution < -0.4 is 4.90 Å². The van der Waals surface area contributed by atoms with Crippen LogP contribution in [0.4, 0.5) is 5.69 Å². The van der Waals surface area contributed by atoms with Crippen LogP contribution in [-0.4, -0.2) is 17.4 Å². The van der Waals surface area contributed by atoms with Gasteiger partial charge in [0.15, 0.2) is 0 Å². The number of aryl methyl sites for hydroxylation is 1. The molecular formula is C12H14N2O. The van der Waals surface area contributed by atoms with E-state index in [0.717, 1.165) is 5.69 Å². The van der Waals surface area contributed by atoms with Crippen molar-refractivity contribution in [3.8, 4) is 0 Å². The Balaban J connectivity index is 2.58. The molecule has 0 spiro atoms. The zero-order valence-corrected chi connectivity index (χ0v) is 9.19. The largest absolute Gasteiger partial charge is 0.322 e. The molecule has 0 aliphatic rings. The topological polar surface area (TPSA) is 24.7 Å². The third-order valence-corrected chi connectivity index (χ3v) is 2.68. The molecule has 2 aromatic rings. The zero-order valence-electron chi connectivity index (χ0n) is 9.19. The van der Waals surface area contributed by atoms with E-state index in [1.54, 1.807) is 18.9 Å². The predicted molar refractivity (Wildman–Crippen MR) is 61.2 cm³/mol. The van der Waals surface area contributed by atoms with Gasteiger partial charge in [-0.05, 0) is 30.7 Å². The molecule has 78 valence electrons. The summed E-state index contributed by atoms with van der Waals surface area (Å²) in [5.41, 5.74) is 3.27. The molecule has 0 unspecified atom stereocenters. The number of nitrogens with zero attached hydrogens (tertiary/aromatic N) is 2. The minimum atomic E-state index is 0.0425. The Bertz CT molecular complexity index is 513. The highest BCUT2D eigenvalue weighted by atomic mass is 16.2. The number of carbonyl (C=O) groups excluding carboxylic acids is 1. The summed E-state index contributed by atoms with van der Waals surface area (Å²) in [6.07, 6.45) is 3.95. The zero-order chi connectivity index (χ0) is 11.0. The fourth-order valence-electron chi connectivity index (χ4n) is 1.68. The number of anilines is 1. The van der Waals surface area contributed by atoms with Crippen LogP contribution in [-0.2, 0) is 4.79 Å². The van der Waals surface area contributed by atoms with Crippen LogP contribution in [0.15, 0.2) is 30.6 Å². The monoisotopic (exact) mass is 202 g/mol. The lowest BCUT2D eigenvalue weighted by molar-refractivity contribution is -0.116. The summed E-state index contributed by atoms with van der Waals surface area (Å²) in [7, 11) is 1.78. The summed E-state index contributed by atoms with van der Waals surface area (Å²) in [6.45, 7) is 3.61. The highest BCUT2D eigenvalue weighted by Gasteiger charge is 2.07. The first-order valence-corrected chi connectivity index (χ1v) is 4.91. The molecule has 0 N–H and O–H groups in total. The van der Waals surface area contributed by atoms with Gasteiger partial charge in [-0.25, -0.2) is 0 Å². The lowest BCUT2D eigenvalue weighted by atomic mass is 10.2. The van der Waals surface area contributed by atoms with Gasteiger partial charge in [0, 0.05) is 31.9 Å². The van der Waals surface area contributed by atoms with E-state index < -0.39 is 0 Å². The van der Waals surface area contributed by atoms with Crippen molar-refractivity contribution < 1.29 is 4.79 Å². The predicted octanol–water partition coefficient (Wildman–Crippen LogP) is 2.23. The molecule has 0 saturated heterocycles. The van der Waals surface area contributed by atoms with Crippen LogP contribution in [0.5, 0.6) is 0 Å². The van der Waals surface area contributed by atoms with Crippen LogP contribution >= 0.6 is 0 Å². The summed E-state index contributed by atoms with van der Waals surface area (Å²) < 4.78 is 2.03. The SMILES string of the molecule is CC(=O)N(C)c1cc(C)c2cccn2c1. The fraction of sp³-hybridized carbons (Fsp3) is 0.250. The van der Waals surface area contributed by atoms with Crippen LogP contribution in [0.25, 0.3) is 5.52 Å². The second-order valence-electron chi connectivity index (χ2n) is 3.76. The molecule has 0 aliphatic carbocycles. The molecule has 3 heteroatoms. The van der Waals surface area contributed by atoms with E-state index >= 15 is 0 Å². The molecule has 15 heavy (non-hydrogen) atoms. The van der Waals surface area contributed by atoms with Crippen LogP contribution in [0.3, 0.4) is 0 Å². The van der Waals surface area contributed by atoms with Crippen molar-refractivity contribution in [2.45, 2.75) is 13.8 Å². The van der Waals surface area contributed by atoms with Crippen molar-refractivity contribution in [1.82, 2.24) is 4.40 Å². The molecule has 0 fully saturated rings. The molecule has 0 aliphatic heterocycles. The molecule has 2 aromatic heterocycles. The van der Waals surface area contributed by atoms with Gasteiger partial charge in [0.2, 0.25) is 5.91 Å². The average molecular weight is 202 g/mol. The average Bonchev–Trinajstić information content (AvgIpc) is 2.64. The second-order valence-corrected chi connectivity index (χ2v) is 3.76. The number of aromatic nitrogens is 1. The molecule has 2 heterocycles. The van der Waals surface area contributed by atoms with E-state index in [2.05, 4.69) is 6.07 Å².